The maximum absolute atomic E-state index is 13.4. The predicted octanol–water partition coefficient (Wildman–Crippen LogP) is 7.27. The third kappa shape index (κ3) is 8.41. The number of amides is 3. The Morgan fingerprint density at radius 3 is 2.31 bits per heavy atom. The Kier molecular flexibility index (Phi) is 10.9. The molecule has 3 aliphatic rings. The minimum Gasteiger partial charge on any atom is -0.444 e. The van der Waals surface area contributed by atoms with Gasteiger partial charge in [-0.1, -0.05) is 27.5 Å². The highest BCUT2D eigenvalue weighted by atomic mass is 79.9. The molecule has 2 aliphatic heterocycles. The summed E-state index contributed by atoms with van der Waals surface area (Å²) >= 11 is 13.9. The van der Waals surface area contributed by atoms with Gasteiger partial charge in [0.05, 0.1) is 5.69 Å². The van der Waals surface area contributed by atoms with Gasteiger partial charge in [-0.05, 0) is 129 Å². The van der Waals surface area contributed by atoms with Crippen LogP contribution >= 0.6 is 43.5 Å². The summed E-state index contributed by atoms with van der Waals surface area (Å²) in [4.78, 5) is 47.2. The van der Waals surface area contributed by atoms with Crippen molar-refractivity contribution in [2.45, 2.75) is 90.2 Å². The molecule has 2 aromatic rings. The van der Waals surface area contributed by atoms with Gasteiger partial charge in [-0.15, -0.1) is 0 Å². The molecular weight excluding hydrogens is 724 g/mol. The van der Waals surface area contributed by atoms with E-state index < -0.39 is 17.7 Å². The number of benzene rings is 1. The first kappa shape index (κ1) is 34.2. The number of likely N-dealkylation sites (tertiary alicyclic amines) is 2. The smallest absolute Gasteiger partial charge is 0.408 e. The van der Waals surface area contributed by atoms with Gasteiger partial charge in [0.2, 0.25) is 11.8 Å². The number of halogens is 3. The molecule has 1 aromatic carbocycles. The van der Waals surface area contributed by atoms with Gasteiger partial charge in [-0.25, -0.2) is 4.79 Å². The summed E-state index contributed by atoms with van der Waals surface area (Å²) in [6, 6.07) is 5.63. The number of aryl methyl sites for hydroxylation is 2. The number of pyridine rings is 1. The Labute approximate surface area is 288 Å². The second-order valence-electron chi connectivity index (χ2n) is 13.7. The Morgan fingerprint density at radius 1 is 1.00 bits per heavy atom. The van der Waals surface area contributed by atoms with Crippen LogP contribution in [0.4, 0.5) is 4.79 Å². The number of aromatic nitrogens is 1. The van der Waals surface area contributed by atoms with E-state index >= 15 is 0 Å². The second-order valence-corrected chi connectivity index (χ2v) is 15.9. The van der Waals surface area contributed by atoms with Gasteiger partial charge in [-0.2, -0.15) is 0 Å². The average molecular weight is 767 g/mol. The second kappa shape index (κ2) is 14.3. The molecule has 3 amide bonds. The molecule has 8 nitrogen and oxygen atoms in total. The number of fused-ring (bicyclic) bond motifs is 2. The van der Waals surface area contributed by atoms with Gasteiger partial charge >= 0.3 is 6.09 Å². The van der Waals surface area contributed by atoms with Crippen molar-refractivity contribution in [1.29, 1.82) is 0 Å². The molecule has 11 heteroatoms. The molecule has 0 spiro atoms. The first-order valence-electron chi connectivity index (χ1n) is 16.0. The Hall–Kier alpha value is -2.17. The van der Waals surface area contributed by atoms with Crippen molar-refractivity contribution in [1.82, 2.24) is 20.1 Å². The first-order chi connectivity index (χ1) is 21.3. The van der Waals surface area contributed by atoms with E-state index in [0.717, 1.165) is 71.3 Å². The minimum absolute atomic E-state index is 0.120. The topological polar surface area (TPSA) is 91.8 Å². The highest BCUT2D eigenvalue weighted by Crippen LogP contribution is 2.46. The van der Waals surface area contributed by atoms with Crippen LogP contribution in [0.2, 0.25) is 5.02 Å². The fourth-order valence-electron chi connectivity index (χ4n) is 7.07. The number of nitrogens with one attached hydrogen (secondary N) is 1. The third-order valence-corrected chi connectivity index (χ3v) is 10.6. The molecule has 1 aromatic heterocycles. The molecule has 0 unspecified atom stereocenters. The van der Waals surface area contributed by atoms with Crippen LogP contribution in [0.25, 0.3) is 0 Å². The largest absolute Gasteiger partial charge is 0.444 e. The number of piperidine rings is 2. The number of hydrogen-bond donors (Lipinski definition) is 1. The van der Waals surface area contributed by atoms with E-state index in [1.807, 2.05) is 17.2 Å². The maximum Gasteiger partial charge on any atom is 0.408 e. The summed E-state index contributed by atoms with van der Waals surface area (Å²) in [5.41, 5.74) is 4.34. The van der Waals surface area contributed by atoms with E-state index in [9.17, 15) is 14.4 Å². The number of alkyl carbamates (subject to hydrolysis) is 1. The number of carbonyl (C=O) groups excluding carboxylic acids is 3. The van der Waals surface area contributed by atoms with Crippen LogP contribution in [0.1, 0.15) is 88.1 Å². The number of ether oxygens (including phenoxy) is 1. The zero-order valence-electron chi connectivity index (χ0n) is 26.5. The van der Waals surface area contributed by atoms with Crippen molar-refractivity contribution >= 4 is 61.4 Å². The lowest BCUT2D eigenvalue weighted by molar-refractivity contribution is -0.136. The molecule has 2 atom stereocenters. The summed E-state index contributed by atoms with van der Waals surface area (Å²) in [6.07, 6.45) is 7.02. The van der Waals surface area contributed by atoms with Crippen LogP contribution in [-0.4, -0.2) is 70.5 Å². The molecule has 45 heavy (non-hydrogen) atoms. The van der Waals surface area contributed by atoms with Gasteiger partial charge in [-0.3, -0.25) is 14.6 Å². The highest BCUT2D eigenvalue weighted by molar-refractivity contribution is 9.10. The molecule has 2 saturated heterocycles. The van der Waals surface area contributed by atoms with Crippen molar-refractivity contribution in [2.24, 2.45) is 11.8 Å². The van der Waals surface area contributed by atoms with Crippen LogP contribution in [0.3, 0.4) is 0 Å². The monoisotopic (exact) mass is 764 g/mol. The molecule has 3 heterocycles. The average Bonchev–Trinajstić information content (AvgIpc) is 3.13. The fraction of sp³-hybridized carbons (Fsp3) is 0.588. The third-order valence-electron chi connectivity index (χ3n) is 9.27. The van der Waals surface area contributed by atoms with Crippen LogP contribution in [-0.2, 0) is 27.2 Å². The number of carbonyl (C=O) groups is 3. The Bertz CT molecular complexity index is 1430. The Morgan fingerprint density at radius 2 is 1.64 bits per heavy atom. The quantitative estimate of drug-likeness (QED) is 0.346. The lowest BCUT2D eigenvalue weighted by Crippen LogP contribution is -2.50. The zero-order chi connectivity index (χ0) is 32.5. The van der Waals surface area contributed by atoms with E-state index in [1.54, 1.807) is 32.6 Å². The Balaban J connectivity index is 1.16. The van der Waals surface area contributed by atoms with Gasteiger partial charge in [0, 0.05) is 58.7 Å². The molecule has 2 fully saturated rings. The van der Waals surface area contributed by atoms with Crippen molar-refractivity contribution in [3.63, 3.8) is 0 Å². The van der Waals surface area contributed by atoms with Gasteiger partial charge in [0.1, 0.15) is 11.6 Å². The van der Waals surface area contributed by atoms with Crippen LogP contribution in [0, 0.1) is 11.8 Å². The maximum atomic E-state index is 13.4. The summed E-state index contributed by atoms with van der Waals surface area (Å²) in [5, 5.41) is 3.38. The predicted molar refractivity (Wildman–Crippen MR) is 182 cm³/mol. The number of rotatable bonds is 5. The molecule has 0 saturated carbocycles. The van der Waals surface area contributed by atoms with Gasteiger partial charge in [0.25, 0.3) is 0 Å². The summed E-state index contributed by atoms with van der Waals surface area (Å²) < 4.78 is 7.31. The van der Waals surface area contributed by atoms with E-state index in [2.05, 4.69) is 49.3 Å². The summed E-state index contributed by atoms with van der Waals surface area (Å²) in [7, 11) is 0. The molecular formula is C34H43Br2ClN4O4. The minimum atomic E-state index is -0.666. The molecule has 0 radical (unpaired) electrons. The van der Waals surface area contributed by atoms with E-state index in [1.165, 1.54) is 16.7 Å². The van der Waals surface area contributed by atoms with Crippen molar-refractivity contribution < 1.29 is 19.1 Å². The lowest BCUT2D eigenvalue weighted by Gasteiger charge is -2.38. The van der Waals surface area contributed by atoms with Crippen LogP contribution in [0.15, 0.2) is 33.3 Å². The van der Waals surface area contributed by atoms with E-state index in [4.69, 9.17) is 21.3 Å². The summed E-state index contributed by atoms with van der Waals surface area (Å²) in [6.45, 7) is 9.68. The molecule has 1 aliphatic carbocycles. The van der Waals surface area contributed by atoms with E-state index in [0.29, 0.717) is 25.4 Å². The zero-order valence-corrected chi connectivity index (χ0v) is 30.4. The highest BCUT2D eigenvalue weighted by Gasteiger charge is 2.37. The molecule has 1 N–H and O–H groups in total. The standard InChI is InChI=1S/C34H43Br2ClN4O4/c1-20(39-33(44)45-34(2,3)4)32(43)41-11-7-21(8-12-41)15-28(42)40-13-9-22(10-14-40)30-29-23(17-26(37)18-27(29)36)5-6-24-16-25(35)19-38-31(24)30/h16-22,30H,5-15H2,1-4H3,(H,39,44)/t20-,30+/m0/s1. The van der Waals surface area contributed by atoms with Crippen molar-refractivity contribution in [3.05, 3.63) is 60.7 Å². The van der Waals surface area contributed by atoms with Crippen LogP contribution < -0.4 is 5.32 Å². The van der Waals surface area contributed by atoms with Gasteiger partial charge in [0.15, 0.2) is 0 Å². The van der Waals surface area contributed by atoms with Crippen molar-refractivity contribution in [2.75, 3.05) is 26.2 Å². The number of hydrogen-bond acceptors (Lipinski definition) is 5. The first-order valence-corrected chi connectivity index (χ1v) is 17.9. The van der Waals surface area contributed by atoms with Gasteiger partial charge < -0.3 is 19.9 Å². The fourth-order valence-corrected chi connectivity index (χ4v) is 8.57. The lowest BCUT2D eigenvalue weighted by atomic mass is 9.76. The van der Waals surface area contributed by atoms with E-state index in [-0.39, 0.29) is 23.7 Å². The molecule has 244 valence electrons. The van der Waals surface area contributed by atoms with Crippen LogP contribution in [0.5, 0.6) is 0 Å². The SMILES string of the molecule is C[C@H](NC(=O)OC(C)(C)C)C(=O)N1CCC(CC(=O)N2CCC([C@H]3c4ncc(Br)cc4CCc4cc(Cl)cc(Br)c43)CC2)CC1. The normalized spacial score (nSPS) is 20.1. The van der Waals surface area contributed by atoms with Crippen molar-refractivity contribution in [3.8, 4) is 0 Å². The summed E-state index contributed by atoms with van der Waals surface area (Å²) in [5.74, 6) is 0.835. The number of nitrogens with zero attached hydrogens (tertiary/aromatic N) is 3. The molecule has 0 bridgehead atoms. The molecule has 5 rings (SSSR count).